The molecular weight excluding hydrogens is 694 g/mol. The Morgan fingerprint density at radius 1 is 0.712 bits per heavy atom. The summed E-state index contributed by atoms with van der Waals surface area (Å²) < 4.78 is 0. The highest BCUT2D eigenvalue weighted by Gasteiger charge is 2.20. The average Bonchev–Trinajstić information content (AvgIpc) is 3.08. The number of carbonyl (C=O) groups excluding carboxylic acids is 1. The lowest BCUT2D eigenvalue weighted by molar-refractivity contribution is -0.143. The molecule has 0 spiro atoms. The number of nitrogens with one attached hydrogen (secondary N) is 1. The number of hydrogen-bond donors (Lipinski definition) is 5. The molecule has 0 saturated carbocycles. The number of aliphatic carboxylic acids is 4. The van der Waals surface area contributed by atoms with E-state index in [0.717, 1.165) is 15.7 Å². The zero-order valence-corrected chi connectivity index (χ0v) is 28.4. The number of aromatic nitrogens is 2. The van der Waals surface area contributed by atoms with Crippen LogP contribution in [0.2, 0.25) is 0 Å². The Kier molecular flexibility index (Phi) is 13.9. The van der Waals surface area contributed by atoms with Crippen molar-refractivity contribution in [2.45, 2.75) is 0 Å². The smallest absolute Gasteiger partial charge is 0.317 e. The van der Waals surface area contributed by atoms with Crippen molar-refractivity contribution in [3.8, 4) is 11.8 Å². The molecule has 0 aliphatic carbocycles. The van der Waals surface area contributed by atoms with Crippen LogP contribution < -0.4 is 5.32 Å². The van der Waals surface area contributed by atoms with Gasteiger partial charge in [0.05, 0.1) is 54.6 Å². The quantitative estimate of drug-likeness (QED) is 0.0428. The van der Waals surface area contributed by atoms with Crippen LogP contribution in [-0.4, -0.2) is 139 Å². The number of carboxylic acids is 4. The molecular formula is C35H33N7O9S. The van der Waals surface area contributed by atoms with Gasteiger partial charge in [0, 0.05) is 54.4 Å². The third-order valence-corrected chi connectivity index (χ3v) is 7.56. The number of carboxylic acid groups (broad SMARTS) is 4. The maximum absolute atomic E-state index is 12.9. The molecule has 4 aromatic rings. The fourth-order valence-corrected chi connectivity index (χ4v) is 5.32. The van der Waals surface area contributed by atoms with Crippen molar-refractivity contribution in [1.29, 1.82) is 0 Å². The summed E-state index contributed by atoms with van der Waals surface area (Å²) in [6, 6.07) is 15.9. The van der Waals surface area contributed by atoms with Crippen molar-refractivity contribution < 1.29 is 44.4 Å². The first-order valence-electron chi connectivity index (χ1n) is 15.6. The van der Waals surface area contributed by atoms with Crippen molar-refractivity contribution in [2.75, 3.05) is 64.2 Å². The Morgan fingerprint density at radius 3 is 1.88 bits per heavy atom. The number of thiocarbonyl (C=S) groups is 1. The molecule has 0 bridgehead atoms. The van der Waals surface area contributed by atoms with E-state index in [1.807, 2.05) is 18.2 Å². The lowest BCUT2D eigenvalue weighted by atomic mass is 10.1. The molecule has 0 atom stereocenters. The molecule has 2 aromatic carbocycles. The molecule has 0 radical (unpaired) electrons. The van der Waals surface area contributed by atoms with Gasteiger partial charge in [-0.2, -0.15) is 4.99 Å². The number of fused-ring (bicyclic) bond motifs is 3. The topological polar surface area (TPSA) is 226 Å². The Hall–Kier alpha value is -6.15. The van der Waals surface area contributed by atoms with Gasteiger partial charge in [0.15, 0.2) is 0 Å². The van der Waals surface area contributed by atoms with Gasteiger partial charge in [0.25, 0.3) is 0 Å². The molecule has 0 aliphatic heterocycles. The predicted octanol–water partition coefficient (Wildman–Crippen LogP) is 2.10. The second-order valence-electron chi connectivity index (χ2n) is 11.4. The summed E-state index contributed by atoms with van der Waals surface area (Å²) in [5, 5.41) is 43.5. The Bertz CT molecular complexity index is 2080. The fraction of sp³-hybridized carbons (Fsp3) is 0.257. The van der Waals surface area contributed by atoms with Gasteiger partial charge in [0.2, 0.25) is 5.91 Å². The zero-order chi connectivity index (χ0) is 37.6. The molecule has 0 saturated heterocycles. The molecule has 1 amide bonds. The van der Waals surface area contributed by atoms with Crippen LogP contribution >= 0.6 is 12.2 Å². The van der Waals surface area contributed by atoms with Crippen LogP contribution in [0.5, 0.6) is 0 Å². The van der Waals surface area contributed by atoms with Crippen molar-refractivity contribution >= 4 is 80.3 Å². The maximum Gasteiger partial charge on any atom is 0.317 e. The van der Waals surface area contributed by atoms with E-state index < -0.39 is 56.0 Å². The summed E-state index contributed by atoms with van der Waals surface area (Å²) >= 11 is 4.78. The lowest BCUT2D eigenvalue weighted by Crippen LogP contribution is -2.46. The van der Waals surface area contributed by atoms with Gasteiger partial charge < -0.3 is 25.7 Å². The highest BCUT2D eigenvalue weighted by molar-refractivity contribution is 7.78. The Morgan fingerprint density at radius 2 is 1.29 bits per heavy atom. The summed E-state index contributed by atoms with van der Waals surface area (Å²) in [5.74, 6) is 0.694. The van der Waals surface area contributed by atoms with Crippen LogP contribution in [0.1, 0.15) is 11.3 Å². The van der Waals surface area contributed by atoms with Gasteiger partial charge in [0.1, 0.15) is 5.69 Å². The molecule has 0 fully saturated rings. The highest BCUT2D eigenvalue weighted by atomic mass is 32.1. The minimum Gasteiger partial charge on any atom is -0.480 e. The van der Waals surface area contributed by atoms with Gasteiger partial charge >= 0.3 is 23.9 Å². The predicted molar refractivity (Wildman–Crippen MR) is 193 cm³/mol. The molecule has 5 N–H and O–H groups in total. The van der Waals surface area contributed by atoms with Crippen molar-refractivity contribution in [2.24, 2.45) is 4.99 Å². The van der Waals surface area contributed by atoms with E-state index in [1.54, 1.807) is 42.6 Å². The van der Waals surface area contributed by atoms with E-state index >= 15 is 0 Å². The van der Waals surface area contributed by atoms with Gasteiger partial charge in [-0.3, -0.25) is 43.7 Å². The van der Waals surface area contributed by atoms with E-state index in [9.17, 15) is 34.2 Å². The van der Waals surface area contributed by atoms with Gasteiger partial charge in [-0.1, -0.05) is 5.92 Å². The van der Waals surface area contributed by atoms with Crippen LogP contribution in [-0.2, 0) is 24.0 Å². The van der Waals surface area contributed by atoms with Gasteiger partial charge in [-0.15, -0.1) is 0 Å². The van der Waals surface area contributed by atoms with Crippen molar-refractivity contribution in [3.63, 3.8) is 0 Å². The number of isothiocyanates is 1. The molecule has 52 heavy (non-hydrogen) atoms. The SMILES string of the molecule is O=C(O)CN(CCN(CC(=O)O)CC(=O)O)CCN(CC(=O)O)CC(=O)Nc1ccc(C#Cc2ccc3cc(N=C=S)c4cccnc4c3n2)cc1. The summed E-state index contributed by atoms with van der Waals surface area (Å²) in [5.41, 5.74) is 3.56. The van der Waals surface area contributed by atoms with Crippen LogP contribution in [0.15, 0.2) is 65.8 Å². The summed E-state index contributed by atoms with van der Waals surface area (Å²) in [4.78, 5) is 75.2. The first-order valence-corrected chi connectivity index (χ1v) is 16.0. The number of carbonyl (C=O) groups is 5. The van der Waals surface area contributed by atoms with Gasteiger partial charge in [-0.25, -0.2) is 4.98 Å². The first-order chi connectivity index (χ1) is 24.9. The molecule has 2 heterocycles. The number of anilines is 1. The van der Waals surface area contributed by atoms with E-state index in [2.05, 4.69) is 32.3 Å². The summed E-state index contributed by atoms with van der Waals surface area (Å²) in [7, 11) is 0. The van der Waals surface area contributed by atoms with E-state index in [4.69, 9.17) is 27.4 Å². The molecule has 0 aliphatic rings. The number of nitrogens with zero attached hydrogens (tertiary/aromatic N) is 6. The van der Waals surface area contributed by atoms with E-state index in [1.165, 1.54) is 9.80 Å². The van der Waals surface area contributed by atoms with E-state index in [-0.39, 0.29) is 32.7 Å². The second kappa shape index (κ2) is 18.7. The number of aliphatic imine (C=N–C) groups is 1. The Labute approximate surface area is 302 Å². The number of amides is 1. The molecule has 268 valence electrons. The molecule has 2 aromatic heterocycles. The maximum atomic E-state index is 12.9. The molecule has 0 unspecified atom stereocenters. The minimum atomic E-state index is -1.24. The largest absolute Gasteiger partial charge is 0.480 e. The van der Waals surface area contributed by atoms with Crippen LogP contribution in [0.25, 0.3) is 21.8 Å². The normalized spacial score (nSPS) is 10.9. The zero-order valence-electron chi connectivity index (χ0n) is 27.6. The lowest BCUT2D eigenvalue weighted by Gasteiger charge is -2.27. The molecule has 17 heteroatoms. The second-order valence-corrected chi connectivity index (χ2v) is 11.6. The standard InChI is InChI=1S/C35H33N7O9S/c43-29(17-41(19-31(46)47)14-12-40(18-30(44)45)13-15-42(20-32(48)49)21-33(50)51)38-25-7-3-23(4-8-25)5-9-26-10-6-24-16-28(37-22-52)27-2-1-11-36-35(27)34(24)39-26/h1-4,6-8,10-11,16H,12-15,17-21H2,(H,38,43)(H,44,45)(H,46,47)(H,48,49)(H,50,51). The summed E-state index contributed by atoms with van der Waals surface area (Å²) in [6.45, 7) is -2.50. The highest BCUT2D eigenvalue weighted by Crippen LogP contribution is 2.31. The Balaban J connectivity index is 1.38. The molecule has 16 nitrogen and oxygen atoms in total. The number of hydrogen-bond acceptors (Lipinski definition) is 12. The van der Waals surface area contributed by atoms with Gasteiger partial charge in [-0.05, 0) is 72.7 Å². The fourth-order valence-electron chi connectivity index (χ4n) is 5.22. The van der Waals surface area contributed by atoms with Crippen LogP contribution in [0.3, 0.4) is 0 Å². The van der Waals surface area contributed by atoms with Crippen molar-refractivity contribution in [3.05, 3.63) is 72.1 Å². The monoisotopic (exact) mass is 727 g/mol. The number of rotatable bonds is 18. The first kappa shape index (κ1) is 38.6. The van der Waals surface area contributed by atoms with Crippen LogP contribution in [0.4, 0.5) is 11.4 Å². The van der Waals surface area contributed by atoms with Crippen LogP contribution in [0, 0.1) is 11.8 Å². The third-order valence-electron chi connectivity index (χ3n) is 7.46. The van der Waals surface area contributed by atoms with Crippen molar-refractivity contribution in [1.82, 2.24) is 24.7 Å². The van der Waals surface area contributed by atoms with E-state index in [0.29, 0.717) is 33.7 Å². The number of pyridine rings is 2. The average molecular weight is 728 g/mol. The third kappa shape index (κ3) is 12.0. The molecule has 4 rings (SSSR count). The number of benzene rings is 2. The summed E-state index contributed by atoms with van der Waals surface area (Å²) in [6.07, 6.45) is 1.67. The minimum absolute atomic E-state index is 0.00848.